The van der Waals surface area contributed by atoms with E-state index in [0.29, 0.717) is 5.82 Å². The topological polar surface area (TPSA) is 69.2 Å². The van der Waals surface area contributed by atoms with Crippen molar-refractivity contribution in [3.05, 3.63) is 37.7 Å². The second-order valence-electron chi connectivity index (χ2n) is 4.92. The summed E-state index contributed by atoms with van der Waals surface area (Å²) in [5, 5.41) is 9.68. The molecule has 0 unspecified atom stereocenters. The van der Waals surface area contributed by atoms with Crippen LogP contribution in [0.4, 0.5) is 5.69 Å². The molecular formula is C14H14IN3O2. The predicted molar refractivity (Wildman–Crippen MR) is 86.3 cm³/mol. The fourth-order valence-electron chi connectivity index (χ4n) is 2.52. The van der Waals surface area contributed by atoms with Crippen molar-refractivity contribution in [2.45, 2.75) is 12.8 Å². The Morgan fingerprint density at radius 2 is 2.25 bits per heavy atom. The van der Waals surface area contributed by atoms with Gasteiger partial charge >= 0.3 is 0 Å². The van der Waals surface area contributed by atoms with E-state index in [9.17, 15) is 9.90 Å². The van der Waals surface area contributed by atoms with Crippen LogP contribution < -0.4 is 10.5 Å². The van der Waals surface area contributed by atoms with Gasteiger partial charge in [-0.2, -0.15) is 4.98 Å². The molecule has 1 aromatic carbocycles. The van der Waals surface area contributed by atoms with Gasteiger partial charge in [0.2, 0.25) is 5.88 Å². The first-order valence-corrected chi connectivity index (χ1v) is 7.47. The van der Waals surface area contributed by atoms with Crippen LogP contribution in [0.5, 0.6) is 5.88 Å². The summed E-state index contributed by atoms with van der Waals surface area (Å²) in [5.74, 6) is 0.183. The molecule has 2 N–H and O–H groups in total. The minimum Gasteiger partial charge on any atom is -0.492 e. The molecule has 104 valence electrons. The molecule has 3 rings (SSSR count). The van der Waals surface area contributed by atoms with Crippen molar-refractivity contribution in [1.29, 1.82) is 0 Å². The third-order valence-electron chi connectivity index (χ3n) is 3.55. The fourth-order valence-corrected chi connectivity index (χ4v) is 2.77. The van der Waals surface area contributed by atoms with Crippen molar-refractivity contribution >= 4 is 28.3 Å². The van der Waals surface area contributed by atoms with Crippen LogP contribution in [0.1, 0.15) is 12.0 Å². The largest absolute Gasteiger partial charge is 0.492 e. The number of fused-ring (bicyclic) bond motifs is 1. The minimum absolute atomic E-state index is 0.212. The number of hydrogen-bond acceptors (Lipinski definition) is 4. The molecule has 0 fully saturated rings. The van der Waals surface area contributed by atoms with Crippen molar-refractivity contribution in [3.63, 3.8) is 0 Å². The Morgan fingerprint density at radius 3 is 3.00 bits per heavy atom. The van der Waals surface area contributed by atoms with Crippen LogP contribution in [0.15, 0.2) is 23.0 Å². The first-order chi connectivity index (χ1) is 9.56. The molecule has 0 radical (unpaired) electrons. The van der Waals surface area contributed by atoms with Gasteiger partial charge in [0.05, 0.1) is 0 Å². The lowest BCUT2D eigenvalue weighted by Gasteiger charge is -2.27. The molecule has 1 aliphatic heterocycles. The predicted octanol–water partition coefficient (Wildman–Crippen LogP) is 2.13. The number of anilines is 1. The maximum absolute atomic E-state index is 11.7. The van der Waals surface area contributed by atoms with Gasteiger partial charge < -0.3 is 15.0 Å². The zero-order valence-corrected chi connectivity index (χ0v) is 13.1. The van der Waals surface area contributed by atoms with Crippen LogP contribution in [0, 0.1) is 3.57 Å². The standard InChI is InChI=1S/C14H14IN3O2/c1-18-6-2-3-8-7-9(4-5-10(8)18)12-16-13(19)11(15)14(20)17-12/h4-5,7H,2-3,6H2,1H3,(H2,16,17,19,20). The van der Waals surface area contributed by atoms with Gasteiger partial charge in [-0.3, -0.25) is 4.79 Å². The van der Waals surface area contributed by atoms with E-state index in [-0.39, 0.29) is 15.0 Å². The highest BCUT2D eigenvalue weighted by atomic mass is 127. The van der Waals surface area contributed by atoms with Gasteiger partial charge in [-0.05, 0) is 59.2 Å². The normalized spacial score (nSPS) is 14.2. The maximum Gasteiger partial charge on any atom is 0.268 e. The molecule has 0 atom stereocenters. The molecule has 0 saturated heterocycles. The molecular weight excluding hydrogens is 369 g/mol. The van der Waals surface area contributed by atoms with E-state index in [1.807, 2.05) is 18.2 Å². The van der Waals surface area contributed by atoms with Gasteiger partial charge in [0.25, 0.3) is 5.56 Å². The molecule has 0 amide bonds. The van der Waals surface area contributed by atoms with Gasteiger partial charge in [-0.15, -0.1) is 0 Å². The number of hydrogen-bond donors (Lipinski definition) is 2. The molecule has 20 heavy (non-hydrogen) atoms. The zero-order chi connectivity index (χ0) is 14.3. The molecule has 0 bridgehead atoms. The molecule has 0 aliphatic carbocycles. The van der Waals surface area contributed by atoms with Crippen molar-refractivity contribution in [1.82, 2.24) is 9.97 Å². The van der Waals surface area contributed by atoms with E-state index in [4.69, 9.17) is 0 Å². The minimum atomic E-state index is -0.317. The van der Waals surface area contributed by atoms with Crippen LogP contribution in [0.25, 0.3) is 11.4 Å². The number of rotatable bonds is 1. The van der Waals surface area contributed by atoms with Crippen LogP contribution in [0.3, 0.4) is 0 Å². The lowest BCUT2D eigenvalue weighted by molar-refractivity contribution is 0.447. The SMILES string of the molecule is CN1CCCc2cc(-c3nc(O)c(I)c(=O)[nH]3)ccc21. The van der Waals surface area contributed by atoms with E-state index in [1.165, 1.54) is 11.3 Å². The molecule has 1 aliphatic rings. The van der Waals surface area contributed by atoms with Gasteiger partial charge in [0.15, 0.2) is 0 Å². The van der Waals surface area contributed by atoms with E-state index in [2.05, 4.69) is 21.9 Å². The Labute approximate surface area is 129 Å². The van der Waals surface area contributed by atoms with Crippen molar-refractivity contribution in [3.8, 4) is 17.3 Å². The molecule has 2 heterocycles. The van der Waals surface area contributed by atoms with Crippen LogP contribution in [-0.4, -0.2) is 28.7 Å². The number of nitrogens with zero attached hydrogens (tertiary/aromatic N) is 2. The number of aromatic amines is 1. The smallest absolute Gasteiger partial charge is 0.268 e. The lowest BCUT2D eigenvalue weighted by atomic mass is 9.99. The maximum atomic E-state index is 11.7. The summed E-state index contributed by atoms with van der Waals surface area (Å²) in [6.45, 7) is 1.06. The second-order valence-corrected chi connectivity index (χ2v) is 6.00. The third kappa shape index (κ3) is 2.28. The first kappa shape index (κ1) is 13.4. The first-order valence-electron chi connectivity index (χ1n) is 6.39. The lowest BCUT2D eigenvalue weighted by Crippen LogP contribution is -2.24. The average molecular weight is 383 g/mol. The van der Waals surface area contributed by atoms with E-state index in [1.54, 1.807) is 22.6 Å². The van der Waals surface area contributed by atoms with Crippen LogP contribution in [-0.2, 0) is 6.42 Å². The van der Waals surface area contributed by atoms with E-state index < -0.39 is 0 Å². The van der Waals surface area contributed by atoms with Gasteiger partial charge in [0, 0.05) is 24.8 Å². The Hall–Kier alpha value is -1.57. The Bertz CT molecular complexity index is 727. The summed E-state index contributed by atoms with van der Waals surface area (Å²) in [6.07, 6.45) is 2.14. The number of benzene rings is 1. The van der Waals surface area contributed by atoms with Gasteiger partial charge in [-0.1, -0.05) is 0 Å². The Balaban J connectivity index is 2.10. The monoisotopic (exact) mass is 383 g/mol. The summed E-state index contributed by atoms with van der Waals surface area (Å²) >= 11 is 1.78. The molecule has 1 aromatic heterocycles. The highest BCUT2D eigenvalue weighted by Gasteiger charge is 2.15. The quantitative estimate of drug-likeness (QED) is 0.741. The fraction of sp³-hybridized carbons (Fsp3) is 0.286. The van der Waals surface area contributed by atoms with Crippen molar-refractivity contribution in [2.75, 3.05) is 18.5 Å². The summed E-state index contributed by atoms with van der Waals surface area (Å²) < 4.78 is 0.212. The molecule has 0 spiro atoms. The van der Waals surface area contributed by atoms with E-state index in [0.717, 1.165) is 24.9 Å². The number of aromatic nitrogens is 2. The number of nitrogens with one attached hydrogen (secondary N) is 1. The van der Waals surface area contributed by atoms with Crippen molar-refractivity contribution in [2.24, 2.45) is 0 Å². The highest BCUT2D eigenvalue weighted by molar-refractivity contribution is 14.1. The number of H-pyrrole nitrogens is 1. The highest BCUT2D eigenvalue weighted by Crippen LogP contribution is 2.30. The van der Waals surface area contributed by atoms with Crippen LogP contribution >= 0.6 is 22.6 Å². The van der Waals surface area contributed by atoms with Gasteiger partial charge in [0.1, 0.15) is 9.39 Å². The number of halogens is 1. The second kappa shape index (κ2) is 5.08. The van der Waals surface area contributed by atoms with Crippen molar-refractivity contribution < 1.29 is 5.11 Å². The molecule has 2 aromatic rings. The Kier molecular flexibility index (Phi) is 3.41. The van der Waals surface area contributed by atoms with E-state index >= 15 is 0 Å². The summed E-state index contributed by atoms with van der Waals surface area (Å²) in [5.41, 5.74) is 2.97. The molecule has 5 nitrogen and oxygen atoms in total. The Morgan fingerprint density at radius 1 is 1.45 bits per heavy atom. The molecule has 0 saturated carbocycles. The number of aromatic hydroxyl groups is 1. The number of aryl methyl sites for hydroxylation is 1. The average Bonchev–Trinajstić information content (AvgIpc) is 2.44. The summed E-state index contributed by atoms with van der Waals surface area (Å²) in [4.78, 5) is 20.7. The zero-order valence-electron chi connectivity index (χ0n) is 11.0. The summed E-state index contributed by atoms with van der Waals surface area (Å²) in [6, 6.07) is 6.00. The third-order valence-corrected chi connectivity index (χ3v) is 4.52. The van der Waals surface area contributed by atoms with Gasteiger partial charge in [-0.25, -0.2) is 0 Å². The summed E-state index contributed by atoms with van der Waals surface area (Å²) in [7, 11) is 2.08. The molecule has 6 heteroatoms. The van der Waals surface area contributed by atoms with Crippen LogP contribution in [0.2, 0.25) is 0 Å².